The number of hydrogen-bond donors (Lipinski definition) is 0. The number of sulfone groups is 1. The van der Waals surface area contributed by atoms with Gasteiger partial charge in [-0.1, -0.05) is 18.2 Å². The number of fused-ring (bicyclic) bond motifs is 2. The lowest BCUT2D eigenvalue weighted by Crippen LogP contribution is -2.40. The molecule has 5 rings (SSSR count). The van der Waals surface area contributed by atoms with Gasteiger partial charge in [-0.2, -0.15) is 0 Å². The van der Waals surface area contributed by atoms with E-state index in [9.17, 15) is 18.0 Å². The Morgan fingerprint density at radius 1 is 1.12 bits per heavy atom. The van der Waals surface area contributed by atoms with Gasteiger partial charge in [0.05, 0.1) is 42.2 Å². The third-order valence-electron chi connectivity index (χ3n) is 6.22. The minimum absolute atomic E-state index is 0.000458. The van der Waals surface area contributed by atoms with Crippen LogP contribution in [0.3, 0.4) is 0 Å². The molecule has 0 saturated carbocycles. The Bertz CT molecular complexity index is 1430. The zero-order chi connectivity index (χ0) is 23.3. The molecular formula is C24H23NO7S. The number of carbonyl (C=O) groups excluding carboxylic acids is 1. The van der Waals surface area contributed by atoms with E-state index in [1.165, 1.54) is 12.0 Å². The zero-order valence-electron chi connectivity index (χ0n) is 18.2. The van der Waals surface area contributed by atoms with Crippen LogP contribution in [0.15, 0.2) is 51.7 Å². The van der Waals surface area contributed by atoms with Crippen molar-refractivity contribution in [3.8, 4) is 11.5 Å². The van der Waals surface area contributed by atoms with Crippen LogP contribution in [0.2, 0.25) is 0 Å². The number of para-hydroxylation sites is 1. The highest BCUT2D eigenvalue weighted by atomic mass is 32.2. The molecule has 33 heavy (non-hydrogen) atoms. The minimum Gasteiger partial charge on any atom is -0.493 e. The van der Waals surface area contributed by atoms with Crippen molar-refractivity contribution in [3.63, 3.8) is 0 Å². The highest BCUT2D eigenvalue weighted by Gasteiger charge is 2.48. The second-order valence-corrected chi connectivity index (χ2v) is 10.4. The van der Waals surface area contributed by atoms with Crippen molar-refractivity contribution in [2.45, 2.75) is 25.4 Å². The van der Waals surface area contributed by atoms with Gasteiger partial charge >= 0.3 is 0 Å². The van der Waals surface area contributed by atoms with Gasteiger partial charge in [0.1, 0.15) is 5.58 Å². The summed E-state index contributed by atoms with van der Waals surface area (Å²) in [5, 5.41) is 0.368. The molecule has 8 nitrogen and oxygen atoms in total. The molecule has 2 aliphatic heterocycles. The fourth-order valence-corrected chi connectivity index (χ4v) is 6.48. The van der Waals surface area contributed by atoms with Crippen LogP contribution in [0.4, 0.5) is 0 Å². The van der Waals surface area contributed by atoms with Crippen LogP contribution in [0.25, 0.3) is 11.0 Å². The molecule has 1 fully saturated rings. The number of methoxy groups -OCH3 is 1. The van der Waals surface area contributed by atoms with E-state index in [0.29, 0.717) is 41.1 Å². The summed E-state index contributed by atoms with van der Waals surface area (Å²) in [7, 11) is -1.76. The molecular weight excluding hydrogens is 446 g/mol. The molecule has 0 N–H and O–H groups in total. The second kappa shape index (κ2) is 7.91. The molecule has 2 aliphatic rings. The maximum absolute atomic E-state index is 13.5. The summed E-state index contributed by atoms with van der Waals surface area (Å²) in [6.07, 6.45) is 0.306. The lowest BCUT2D eigenvalue weighted by atomic mass is 9.97. The number of ether oxygens (including phenoxy) is 2. The zero-order valence-corrected chi connectivity index (χ0v) is 19.1. The van der Waals surface area contributed by atoms with Crippen LogP contribution in [0.1, 0.15) is 41.1 Å². The van der Waals surface area contributed by atoms with Gasteiger partial charge < -0.3 is 18.8 Å². The first-order chi connectivity index (χ1) is 15.8. The van der Waals surface area contributed by atoms with Crippen molar-refractivity contribution < 1.29 is 27.1 Å². The van der Waals surface area contributed by atoms with Gasteiger partial charge in [-0.3, -0.25) is 9.59 Å². The van der Waals surface area contributed by atoms with Crippen LogP contribution in [-0.2, 0) is 9.84 Å². The molecule has 3 heterocycles. The number of benzene rings is 2. The third kappa shape index (κ3) is 3.47. The van der Waals surface area contributed by atoms with Crippen molar-refractivity contribution in [1.29, 1.82) is 0 Å². The Kier molecular flexibility index (Phi) is 5.16. The first-order valence-electron chi connectivity index (χ1n) is 10.7. The fraction of sp³-hybridized carbons (Fsp3) is 0.333. The molecule has 172 valence electrons. The number of hydrogen-bond acceptors (Lipinski definition) is 7. The molecule has 0 spiro atoms. The van der Waals surface area contributed by atoms with Gasteiger partial charge in [-0.25, -0.2) is 8.42 Å². The molecule has 0 radical (unpaired) electrons. The quantitative estimate of drug-likeness (QED) is 0.566. The van der Waals surface area contributed by atoms with E-state index in [4.69, 9.17) is 13.9 Å². The summed E-state index contributed by atoms with van der Waals surface area (Å²) < 4.78 is 41.5. The fourth-order valence-electron chi connectivity index (χ4n) is 4.76. The lowest BCUT2D eigenvalue weighted by molar-refractivity contribution is 0.0662. The normalized spacial score (nSPS) is 21.4. The molecule has 2 atom stereocenters. The van der Waals surface area contributed by atoms with Gasteiger partial charge in [0.15, 0.2) is 26.8 Å². The summed E-state index contributed by atoms with van der Waals surface area (Å²) >= 11 is 0. The molecule has 0 bridgehead atoms. The summed E-state index contributed by atoms with van der Waals surface area (Å²) in [5.41, 5.74) is 0.850. The van der Waals surface area contributed by atoms with Crippen molar-refractivity contribution in [2.24, 2.45) is 0 Å². The van der Waals surface area contributed by atoms with Gasteiger partial charge in [0.25, 0.3) is 5.91 Å². The van der Waals surface area contributed by atoms with Crippen LogP contribution in [0.5, 0.6) is 11.5 Å². The molecule has 9 heteroatoms. The van der Waals surface area contributed by atoms with Crippen molar-refractivity contribution >= 4 is 26.7 Å². The Hall–Kier alpha value is -3.33. The summed E-state index contributed by atoms with van der Waals surface area (Å²) in [5.74, 6) is 0.327. The Labute approximate surface area is 190 Å². The molecule has 0 unspecified atom stereocenters. The average molecular weight is 470 g/mol. The van der Waals surface area contributed by atoms with Crippen molar-refractivity contribution in [2.75, 3.05) is 25.2 Å². The van der Waals surface area contributed by atoms with E-state index in [2.05, 4.69) is 0 Å². The largest absolute Gasteiger partial charge is 0.493 e. The maximum atomic E-state index is 13.5. The Balaban J connectivity index is 1.73. The maximum Gasteiger partial charge on any atom is 0.291 e. The van der Waals surface area contributed by atoms with E-state index in [1.54, 1.807) is 42.5 Å². The summed E-state index contributed by atoms with van der Waals surface area (Å²) in [4.78, 5) is 28.6. The van der Waals surface area contributed by atoms with Crippen molar-refractivity contribution in [3.05, 3.63) is 69.6 Å². The number of carbonyl (C=O) groups is 1. The Morgan fingerprint density at radius 2 is 1.91 bits per heavy atom. The topological polar surface area (TPSA) is 103 Å². The van der Waals surface area contributed by atoms with Crippen LogP contribution in [-0.4, -0.2) is 50.5 Å². The van der Waals surface area contributed by atoms with Gasteiger partial charge in [-0.15, -0.1) is 0 Å². The van der Waals surface area contributed by atoms with Crippen molar-refractivity contribution in [1.82, 2.24) is 4.90 Å². The van der Waals surface area contributed by atoms with E-state index in [-0.39, 0.29) is 28.3 Å². The predicted molar refractivity (Wildman–Crippen MR) is 122 cm³/mol. The first-order valence-corrected chi connectivity index (χ1v) is 12.6. The van der Waals surface area contributed by atoms with Gasteiger partial charge in [0, 0.05) is 6.04 Å². The highest BCUT2D eigenvalue weighted by Crippen LogP contribution is 2.43. The Morgan fingerprint density at radius 3 is 2.61 bits per heavy atom. The van der Waals surface area contributed by atoms with E-state index in [0.717, 1.165) is 0 Å². The minimum atomic E-state index is -3.27. The average Bonchev–Trinajstić information content (AvgIpc) is 3.31. The SMILES string of the molecule is CCOc1ccc([C@H]2c3c(oc4ccccc4c3=O)C(=O)N2[C@@H]2CCS(=O)(=O)C2)cc1OC. The summed E-state index contributed by atoms with van der Waals surface area (Å²) in [6, 6.07) is 10.6. The molecule has 1 amide bonds. The lowest BCUT2D eigenvalue weighted by Gasteiger charge is -2.30. The standard InChI is InChI=1S/C24H23NO7S/c1-3-31-18-9-8-14(12-19(18)30-2)21-20-22(26)16-6-4-5-7-17(16)32-23(20)24(27)25(21)15-10-11-33(28,29)13-15/h4-9,12,15,21H,3,10-11,13H2,1-2H3/t15-,21+/m1/s1. The van der Waals surface area contributed by atoms with Crippen LogP contribution in [0, 0.1) is 0 Å². The summed E-state index contributed by atoms with van der Waals surface area (Å²) in [6.45, 7) is 2.31. The third-order valence-corrected chi connectivity index (χ3v) is 7.97. The monoisotopic (exact) mass is 469 g/mol. The number of nitrogens with zero attached hydrogens (tertiary/aromatic N) is 1. The van der Waals surface area contributed by atoms with E-state index in [1.807, 2.05) is 6.92 Å². The van der Waals surface area contributed by atoms with Crippen LogP contribution >= 0.6 is 0 Å². The van der Waals surface area contributed by atoms with Gasteiger partial charge in [0.2, 0.25) is 5.76 Å². The molecule has 1 saturated heterocycles. The van der Waals surface area contributed by atoms with Gasteiger partial charge in [-0.05, 0) is 43.2 Å². The van der Waals surface area contributed by atoms with E-state index < -0.39 is 27.8 Å². The first kappa shape index (κ1) is 21.5. The van der Waals surface area contributed by atoms with Crippen LogP contribution < -0.4 is 14.9 Å². The van der Waals surface area contributed by atoms with E-state index >= 15 is 0 Å². The number of amides is 1. The molecule has 1 aromatic heterocycles. The highest BCUT2D eigenvalue weighted by molar-refractivity contribution is 7.91. The molecule has 0 aliphatic carbocycles. The number of rotatable bonds is 5. The molecule has 3 aromatic rings. The smallest absolute Gasteiger partial charge is 0.291 e. The molecule has 2 aromatic carbocycles. The predicted octanol–water partition coefficient (Wildman–Crippen LogP) is 2.93. The second-order valence-electron chi connectivity index (χ2n) is 8.19.